The van der Waals surface area contributed by atoms with Crippen LogP contribution in [0.4, 0.5) is 16.2 Å². The Balaban J connectivity index is 2.05. The molecule has 0 saturated heterocycles. The van der Waals surface area contributed by atoms with Crippen LogP contribution in [0.25, 0.3) is 0 Å². The van der Waals surface area contributed by atoms with Gasteiger partial charge in [-0.15, -0.1) is 11.8 Å². The molecule has 0 aliphatic rings. The number of nitrogens with zero attached hydrogens (tertiary/aromatic N) is 2. The van der Waals surface area contributed by atoms with Crippen molar-refractivity contribution < 1.29 is 48.4 Å². The van der Waals surface area contributed by atoms with E-state index in [0.717, 1.165) is 37.1 Å². The van der Waals surface area contributed by atoms with Crippen molar-refractivity contribution in [2.45, 2.75) is 36.4 Å². The van der Waals surface area contributed by atoms with Crippen LogP contribution in [-0.4, -0.2) is 76.3 Å². The number of thioether (sulfide) groups is 1. The van der Waals surface area contributed by atoms with Crippen LogP contribution < -0.4 is 16.0 Å². The summed E-state index contributed by atoms with van der Waals surface area (Å²) in [5.41, 5.74) is -0.464. The number of ether oxygens (including phenoxy) is 2. The van der Waals surface area contributed by atoms with E-state index in [9.17, 15) is 49.3 Å². The average Bonchev–Trinajstić information content (AvgIpc) is 2.98. The quantitative estimate of drug-likeness (QED) is 0.0900. The summed E-state index contributed by atoms with van der Waals surface area (Å²) < 4.78 is 9.44. The van der Waals surface area contributed by atoms with E-state index in [1.54, 1.807) is 30.3 Å². The van der Waals surface area contributed by atoms with E-state index in [-0.39, 0.29) is 23.7 Å². The molecule has 18 heteroatoms. The highest BCUT2D eigenvalue weighted by Gasteiger charge is 2.27. The van der Waals surface area contributed by atoms with Crippen LogP contribution in [0, 0.1) is 20.2 Å². The summed E-state index contributed by atoms with van der Waals surface area (Å²) in [5, 5.41) is 38.6. The zero-order chi connectivity index (χ0) is 31.9. The van der Waals surface area contributed by atoms with Crippen molar-refractivity contribution in [2.75, 3.05) is 19.4 Å². The molecule has 0 aromatic heterocycles. The first-order chi connectivity index (χ1) is 20.4. The molecule has 2 atom stereocenters. The van der Waals surface area contributed by atoms with Gasteiger partial charge in [0.25, 0.3) is 11.4 Å². The molecule has 17 nitrogen and oxygen atoms in total. The Morgan fingerprint density at radius 1 is 0.977 bits per heavy atom. The first-order valence-corrected chi connectivity index (χ1v) is 13.3. The molecule has 2 rings (SSSR count). The van der Waals surface area contributed by atoms with Gasteiger partial charge in [0.15, 0.2) is 0 Å². The number of methoxy groups -OCH3 is 1. The predicted molar refractivity (Wildman–Crippen MR) is 148 cm³/mol. The number of carbonyl (C=O) groups excluding carboxylic acids is 4. The number of nitro benzene ring substituents is 2. The van der Waals surface area contributed by atoms with Crippen LogP contribution in [0.1, 0.15) is 18.4 Å². The minimum Gasteiger partial charge on any atom is -0.480 e. The number of nitro groups is 2. The zero-order valence-corrected chi connectivity index (χ0v) is 23.4. The van der Waals surface area contributed by atoms with Gasteiger partial charge < -0.3 is 30.5 Å². The molecule has 43 heavy (non-hydrogen) atoms. The standard InChI is InChI=1S/C25H27N5O12S/c1-41-22(32)12-26-23(33)18(14-43-20-9-7-16(29(37)38)11-19(20)30(39)40)27-21(31)10-8-17(24(34)35)28-25(36)42-13-15-5-3-2-4-6-15/h2-7,9,11,17-18H,8,10,12-14H2,1H3,(H,26,33)(H,27,31)(H,28,36)(H,34,35). The number of non-ortho nitro benzene ring substituents is 1. The maximum Gasteiger partial charge on any atom is 0.408 e. The van der Waals surface area contributed by atoms with Crippen LogP contribution in [0.2, 0.25) is 0 Å². The molecule has 2 unspecified atom stereocenters. The largest absolute Gasteiger partial charge is 0.480 e. The summed E-state index contributed by atoms with van der Waals surface area (Å²) in [5.74, 6) is -4.25. The lowest BCUT2D eigenvalue weighted by molar-refractivity contribution is -0.396. The molecule has 0 bridgehead atoms. The van der Waals surface area contributed by atoms with E-state index in [1.807, 2.05) is 0 Å². The summed E-state index contributed by atoms with van der Waals surface area (Å²) in [7, 11) is 1.09. The molecule has 3 amide bonds. The van der Waals surface area contributed by atoms with Gasteiger partial charge in [0, 0.05) is 18.2 Å². The number of carboxylic acid groups (broad SMARTS) is 1. The van der Waals surface area contributed by atoms with Gasteiger partial charge in [0.1, 0.15) is 25.2 Å². The third kappa shape index (κ3) is 11.6. The summed E-state index contributed by atoms with van der Waals surface area (Å²) in [6.07, 6.45) is -1.89. The van der Waals surface area contributed by atoms with Crippen LogP contribution in [0.3, 0.4) is 0 Å². The summed E-state index contributed by atoms with van der Waals surface area (Å²) >= 11 is 0.732. The summed E-state index contributed by atoms with van der Waals surface area (Å²) in [6, 6.07) is 8.61. The third-order valence-corrected chi connectivity index (χ3v) is 6.66. The molecular weight excluding hydrogens is 594 g/mol. The second-order valence-electron chi connectivity index (χ2n) is 8.53. The fourth-order valence-electron chi connectivity index (χ4n) is 3.30. The number of aliphatic carboxylic acids is 1. The number of esters is 1. The van der Waals surface area contributed by atoms with E-state index in [4.69, 9.17) is 4.74 Å². The number of carbonyl (C=O) groups is 5. The van der Waals surface area contributed by atoms with Gasteiger partial charge in [0.05, 0.1) is 27.9 Å². The lowest BCUT2D eigenvalue weighted by Gasteiger charge is -2.19. The van der Waals surface area contributed by atoms with Gasteiger partial charge in [-0.25, -0.2) is 9.59 Å². The van der Waals surface area contributed by atoms with Gasteiger partial charge >= 0.3 is 18.0 Å². The number of benzene rings is 2. The molecule has 2 aromatic rings. The lowest BCUT2D eigenvalue weighted by atomic mass is 10.1. The van der Waals surface area contributed by atoms with Crippen molar-refractivity contribution in [2.24, 2.45) is 0 Å². The molecule has 0 spiro atoms. The monoisotopic (exact) mass is 621 g/mol. The molecule has 0 aliphatic carbocycles. The molecule has 0 saturated carbocycles. The Morgan fingerprint density at radius 3 is 2.28 bits per heavy atom. The van der Waals surface area contributed by atoms with Crippen molar-refractivity contribution >= 4 is 53.0 Å². The minimum atomic E-state index is -1.52. The van der Waals surface area contributed by atoms with Crippen LogP contribution in [0.5, 0.6) is 0 Å². The van der Waals surface area contributed by atoms with Crippen molar-refractivity contribution in [3.05, 3.63) is 74.3 Å². The van der Waals surface area contributed by atoms with Crippen molar-refractivity contribution in [1.82, 2.24) is 16.0 Å². The number of carboxylic acids is 1. The van der Waals surface area contributed by atoms with Crippen LogP contribution in [0.15, 0.2) is 53.4 Å². The fraction of sp³-hybridized carbons (Fsp3) is 0.320. The minimum absolute atomic E-state index is 0.0419. The lowest BCUT2D eigenvalue weighted by Crippen LogP contribution is -2.50. The van der Waals surface area contributed by atoms with Crippen molar-refractivity contribution in [3.8, 4) is 0 Å². The first-order valence-electron chi connectivity index (χ1n) is 12.3. The van der Waals surface area contributed by atoms with Gasteiger partial charge in [-0.1, -0.05) is 30.3 Å². The Kier molecular flexibility index (Phi) is 13.3. The molecule has 4 N–H and O–H groups in total. The predicted octanol–water partition coefficient (Wildman–Crippen LogP) is 1.53. The number of hydrogen-bond donors (Lipinski definition) is 4. The Bertz CT molecular complexity index is 1360. The van der Waals surface area contributed by atoms with Gasteiger partial charge in [-0.2, -0.15) is 0 Å². The highest BCUT2D eigenvalue weighted by molar-refractivity contribution is 7.99. The Labute approximate surface area is 247 Å². The molecule has 2 aromatic carbocycles. The smallest absolute Gasteiger partial charge is 0.408 e. The SMILES string of the molecule is COC(=O)CNC(=O)C(CSc1ccc([N+](=O)[O-])cc1[N+](=O)[O-])NC(=O)CCC(NC(=O)OCc1ccccc1)C(=O)O. The van der Waals surface area contributed by atoms with Crippen LogP contribution >= 0.6 is 11.8 Å². The molecule has 230 valence electrons. The van der Waals surface area contributed by atoms with E-state index < -0.39 is 76.1 Å². The number of nitrogens with one attached hydrogen (secondary N) is 3. The Morgan fingerprint density at radius 2 is 1.67 bits per heavy atom. The van der Waals surface area contributed by atoms with E-state index >= 15 is 0 Å². The molecule has 0 aliphatic heterocycles. The van der Waals surface area contributed by atoms with Gasteiger partial charge in [-0.05, 0) is 18.1 Å². The number of amides is 3. The average molecular weight is 622 g/mol. The van der Waals surface area contributed by atoms with Crippen LogP contribution in [-0.2, 0) is 35.3 Å². The number of rotatable bonds is 16. The molecule has 0 fully saturated rings. The van der Waals surface area contributed by atoms with Crippen molar-refractivity contribution in [3.63, 3.8) is 0 Å². The second kappa shape index (κ2) is 16.9. The normalized spacial score (nSPS) is 11.7. The van der Waals surface area contributed by atoms with E-state index in [2.05, 4.69) is 20.7 Å². The summed E-state index contributed by atoms with van der Waals surface area (Å²) in [4.78, 5) is 81.3. The molecular formula is C25H27N5O12S. The molecule has 0 radical (unpaired) electrons. The first kappa shape index (κ1) is 33.9. The van der Waals surface area contributed by atoms with E-state index in [0.29, 0.717) is 5.56 Å². The highest BCUT2D eigenvalue weighted by Crippen LogP contribution is 2.32. The second-order valence-corrected chi connectivity index (χ2v) is 9.59. The summed E-state index contributed by atoms with van der Waals surface area (Å²) in [6.45, 7) is -0.674. The fourth-order valence-corrected chi connectivity index (χ4v) is 4.33. The van der Waals surface area contributed by atoms with Gasteiger partial charge in [-0.3, -0.25) is 34.6 Å². The van der Waals surface area contributed by atoms with E-state index in [1.165, 1.54) is 0 Å². The maximum absolute atomic E-state index is 12.7. The number of alkyl carbamates (subject to hydrolysis) is 1. The topological polar surface area (TPSA) is 246 Å². The van der Waals surface area contributed by atoms with Crippen molar-refractivity contribution in [1.29, 1.82) is 0 Å². The number of hydrogen-bond acceptors (Lipinski definition) is 12. The van der Waals surface area contributed by atoms with Gasteiger partial charge in [0.2, 0.25) is 11.8 Å². The zero-order valence-electron chi connectivity index (χ0n) is 22.5. The molecule has 0 heterocycles. The highest BCUT2D eigenvalue weighted by atomic mass is 32.2. The third-order valence-electron chi connectivity index (χ3n) is 5.50. The maximum atomic E-state index is 12.7. The Hall–Kier alpha value is -5.26.